The number of nitrogens with one attached hydrogen (secondary N) is 1. The summed E-state index contributed by atoms with van der Waals surface area (Å²) in [6.07, 6.45) is 5.92. The first-order valence-corrected chi connectivity index (χ1v) is 6.79. The normalized spacial score (nSPS) is 38.0. The van der Waals surface area contributed by atoms with E-state index in [4.69, 9.17) is 10.5 Å². The van der Waals surface area contributed by atoms with E-state index in [2.05, 4.69) is 12.2 Å². The van der Waals surface area contributed by atoms with Gasteiger partial charge in [-0.05, 0) is 44.4 Å². The molecule has 0 radical (unpaired) electrons. The molecule has 2 fully saturated rings. The monoisotopic (exact) mass is 240 g/mol. The van der Waals surface area contributed by atoms with Gasteiger partial charge in [-0.15, -0.1) is 0 Å². The van der Waals surface area contributed by atoms with Crippen LogP contribution in [-0.2, 0) is 9.53 Å². The lowest BCUT2D eigenvalue weighted by Crippen LogP contribution is -2.57. The van der Waals surface area contributed by atoms with Gasteiger partial charge < -0.3 is 15.8 Å². The Morgan fingerprint density at radius 3 is 2.65 bits per heavy atom. The van der Waals surface area contributed by atoms with Crippen LogP contribution in [0.2, 0.25) is 0 Å². The number of ether oxygens (including phenoxy) is 1. The summed E-state index contributed by atoms with van der Waals surface area (Å²) in [5.41, 5.74) is 5.70. The van der Waals surface area contributed by atoms with E-state index in [0.717, 1.165) is 44.4 Å². The Kier molecular flexibility index (Phi) is 4.05. The lowest BCUT2D eigenvalue weighted by atomic mass is 9.77. The number of carbonyl (C=O) groups is 1. The molecule has 0 aromatic carbocycles. The van der Waals surface area contributed by atoms with E-state index in [1.807, 2.05) is 0 Å². The molecule has 1 aliphatic carbocycles. The predicted molar refractivity (Wildman–Crippen MR) is 66.5 cm³/mol. The fourth-order valence-corrected chi connectivity index (χ4v) is 2.82. The molecule has 2 rings (SSSR count). The number of amides is 1. The highest BCUT2D eigenvalue weighted by molar-refractivity contribution is 5.81. The van der Waals surface area contributed by atoms with E-state index in [9.17, 15) is 4.79 Å². The Morgan fingerprint density at radius 2 is 2.12 bits per heavy atom. The zero-order chi connectivity index (χ0) is 12.3. The number of nitrogens with two attached hydrogens (primary N) is 1. The quantitative estimate of drug-likeness (QED) is 0.779. The second kappa shape index (κ2) is 5.36. The van der Waals surface area contributed by atoms with Crippen LogP contribution < -0.4 is 11.1 Å². The standard InChI is InChI=1S/C13H24N2O2/c1-10-4-6-13(9-14,7-5-10)15-12(16)11-3-2-8-17-11/h10-11H,2-9,14H2,1H3,(H,15,16). The van der Waals surface area contributed by atoms with Gasteiger partial charge in [-0.25, -0.2) is 0 Å². The summed E-state index contributed by atoms with van der Waals surface area (Å²) in [5, 5.41) is 3.16. The molecular weight excluding hydrogens is 216 g/mol. The number of carbonyl (C=O) groups excluding carboxylic acids is 1. The molecule has 4 heteroatoms. The first kappa shape index (κ1) is 12.8. The zero-order valence-corrected chi connectivity index (χ0v) is 10.7. The molecule has 0 aromatic heterocycles. The molecule has 0 bridgehead atoms. The van der Waals surface area contributed by atoms with Gasteiger partial charge in [0.2, 0.25) is 5.91 Å². The molecule has 1 heterocycles. The highest BCUT2D eigenvalue weighted by Crippen LogP contribution is 2.31. The predicted octanol–water partition coefficient (Wildman–Crippen LogP) is 1.19. The summed E-state index contributed by atoms with van der Waals surface area (Å²) in [4.78, 5) is 12.1. The topological polar surface area (TPSA) is 64.3 Å². The van der Waals surface area contributed by atoms with Gasteiger partial charge in [0.05, 0.1) is 5.54 Å². The Hall–Kier alpha value is -0.610. The van der Waals surface area contributed by atoms with Gasteiger partial charge in [0.25, 0.3) is 0 Å². The van der Waals surface area contributed by atoms with Crippen molar-refractivity contribution in [2.75, 3.05) is 13.2 Å². The van der Waals surface area contributed by atoms with Crippen LogP contribution in [0, 0.1) is 5.92 Å². The van der Waals surface area contributed by atoms with Crippen LogP contribution in [0.3, 0.4) is 0 Å². The van der Waals surface area contributed by atoms with Crippen LogP contribution in [0.25, 0.3) is 0 Å². The lowest BCUT2D eigenvalue weighted by Gasteiger charge is -2.39. The van der Waals surface area contributed by atoms with E-state index in [-0.39, 0.29) is 17.6 Å². The summed E-state index contributed by atoms with van der Waals surface area (Å²) in [7, 11) is 0. The van der Waals surface area contributed by atoms with Gasteiger partial charge in [-0.3, -0.25) is 4.79 Å². The van der Waals surface area contributed by atoms with Crippen molar-refractivity contribution in [1.82, 2.24) is 5.32 Å². The molecule has 1 aliphatic heterocycles. The summed E-state index contributed by atoms with van der Waals surface area (Å²) >= 11 is 0. The minimum absolute atomic E-state index is 0.0440. The third-order valence-corrected chi connectivity index (χ3v) is 4.23. The maximum absolute atomic E-state index is 12.1. The van der Waals surface area contributed by atoms with Crippen LogP contribution in [0.5, 0.6) is 0 Å². The zero-order valence-electron chi connectivity index (χ0n) is 10.7. The Balaban J connectivity index is 1.92. The molecule has 1 atom stereocenters. The highest BCUT2D eigenvalue weighted by Gasteiger charge is 2.36. The third-order valence-electron chi connectivity index (χ3n) is 4.23. The smallest absolute Gasteiger partial charge is 0.249 e. The SMILES string of the molecule is CC1CCC(CN)(NC(=O)C2CCCO2)CC1. The molecule has 0 aromatic rings. The molecule has 1 saturated carbocycles. The molecule has 2 aliphatic rings. The minimum atomic E-state index is -0.238. The number of hydrogen-bond acceptors (Lipinski definition) is 3. The van der Waals surface area contributed by atoms with Crippen molar-refractivity contribution < 1.29 is 9.53 Å². The summed E-state index contributed by atoms with van der Waals surface area (Å²) in [6, 6.07) is 0. The summed E-state index contributed by atoms with van der Waals surface area (Å²) in [5.74, 6) is 0.803. The fraction of sp³-hybridized carbons (Fsp3) is 0.923. The van der Waals surface area contributed by atoms with Crippen molar-refractivity contribution >= 4 is 5.91 Å². The van der Waals surface area contributed by atoms with E-state index in [0.29, 0.717) is 13.2 Å². The fourth-order valence-electron chi connectivity index (χ4n) is 2.82. The average Bonchev–Trinajstić information content (AvgIpc) is 2.86. The van der Waals surface area contributed by atoms with E-state index < -0.39 is 0 Å². The maximum Gasteiger partial charge on any atom is 0.249 e. The van der Waals surface area contributed by atoms with Gasteiger partial charge in [-0.2, -0.15) is 0 Å². The first-order valence-electron chi connectivity index (χ1n) is 6.79. The van der Waals surface area contributed by atoms with Crippen molar-refractivity contribution in [2.24, 2.45) is 11.7 Å². The van der Waals surface area contributed by atoms with Gasteiger partial charge in [0, 0.05) is 13.2 Å². The second-order valence-corrected chi connectivity index (χ2v) is 5.66. The second-order valence-electron chi connectivity index (χ2n) is 5.66. The van der Waals surface area contributed by atoms with Gasteiger partial charge >= 0.3 is 0 Å². The molecule has 0 spiro atoms. The summed E-state index contributed by atoms with van der Waals surface area (Å²) in [6.45, 7) is 3.52. The van der Waals surface area contributed by atoms with Crippen molar-refractivity contribution in [2.45, 2.75) is 57.1 Å². The van der Waals surface area contributed by atoms with Crippen LogP contribution in [-0.4, -0.2) is 30.7 Å². The largest absolute Gasteiger partial charge is 0.368 e. The van der Waals surface area contributed by atoms with Crippen molar-refractivity contribution in [1.29, 1.82) is 0 Å². The van der Waals surface area contributed by atoms with Crippen LogP contribution in [0.15, 0.2) is 0 Å². The maximum atomic E-state index is 12.1. The summed E-state index contributed by atoms with van der Waals surface area (Å²) < 4.78 is 5.41. The number of rotatable bonds is 3. The Morgan fingerprint density at radius 1 is 1.41 bits per heavy atom. The van der Waals surface area contributed by atoms with Gasteiger partial charge in [0.15, 0.2) is 0 Å². The van der Waals surface area contributed by atoms with E-state index >= 15 is 0 Å². The minimum Gasteiger partial charge on any atom is -0.368 e. The molecule has 17 heavy (non-hydrogen) atoms. The van der Waals surface area contributed by atoms with Gasteiger partial charge in [-0.1, -0.05) is 6.92 Å². The number of hydrogen-bond donors (Lipinski definition) is 2. The van der Waals surface area contributed by atoms with Gasteiger partial charge in [0.1, 0.15) is 6.10 Å². The van der Waals surface area contributed by atoms with Crippen LogP contribution in [0.1, 0.15) is 45.4 Å². The molecule has 1 unspecified atom stereocenters. The highest BCUT2D eigenvalue weighted by atomic mass is 16.5. The van der Waals surface area contributed by atoms with Crippen molar-refractivity contribution in [3.63, 3.8) is 0 Å². The first-order chi connectivity index (χ1) is 8.15. The van der Waals surface area contributed by atoms with Crippen molar-refractivity contribution in [3.8, 4) is 0 Å². The molecule has 98 valence electrons. The molecule has 4 nitrogen and oxygen atoms in total. The molecule has 1 amide bonds. The van der Waals surface area contributed by atoms with E-state index in [1.54, 1.807) is 0 Å². The van der Waals surface area contributed by atoms with Crippen LogP contribution in [0.4, 0.5) is 0 Å². The third kappa shape index (κ3) is 2.99. The van der Waals surface area contributed by atoms with Crippen molar-refractivity contribution in [3.05, 3.63) is 0 Å². The Bertz CT molecular complexity index is 267. The van der Waals surface area contributed by atoms with Crippen LogP contribution >= 0.6 is 0 Å². The van der Waals surface area contributed by atoms with E-state index in [1.165, 1.54) is 0 Å². The molecule has 1 saturated heterocycles. The molecular formula is C13H24N2O2. The average molecular weight is 240 g/mol. The molecule has 3 N–H and O–H groups in total. The lowest BCUT2D eigenvalue weighted by molar-refractivity contribution is -0.132. The Labute approximate surface area is 103 Å².